The quantitative estimate of drug-likeness (QED) is 0.831. The van der Waals surface area contributed by atoms with Crippen LogP contribution in [-0.4, -0.2) is 31.7 Å². The normalized spacial score (nSPS) is 19.3. The Morgan fingerprint density at radius 2 is 1.83 bits per heavy atom. The maximum atomic E-state index is 12.0. The standard InChI is InChI=1S/C16H22N2O4S/c1-2-4-15(19)17-13-5-3-6-14(10-13)18-16(20)9-12-7-8-23(21,22)11-12/h3,5-6,10,12H,2,4,7-9,11H2,1H3,(H,17,19)(H,18,20). The minimum absolute atomic E-state index is 0.0628. The average Bonchev–Trinajstić information content (AvgIpc) is 2.78. The molecule has 1 aliphatic rings. The molecule has 1 saturated heterocycles. The average molecular weight is 338 g/mol. The Kier molecular flexibility index (Phi) is 5.76. The third-order valence-corrected chi connectivity index (χ3v) is 5.54. The third-order valence-electron chi connectivity index (χ3n) is 3.71. The number of amides is 2. The lowest BCUT2D eigenvalue weighted by molar-refractivity contribution is -0.117. The fraction of sp³-hybridized carbons (Fsp3) is 0.500. The number of hydrogen-bond donors (Lipinski definition) is 2. The zero-order chi connectivity index (χ0) is 16.9. The van der Waals surface area contributed by atoms with E-state index in [0.29, 0.717) is 24.2 Å². The highest BCUT2D eigenvalue weighted by Gasteiger charge is 2.29. The van der Waals surface area contributed by atoms with Crippen LogP contribution in [0.5, 0.6) is 0 Å². The zero-order valence-corrected chi connectivity index (χ0v) is 14.0. The molecule has 7 heteroatoms. The summed E-state index contributed by atoms with van der Waals surface area (Å²) >= 11 is 0. The molecule has 1 fully saturated rings. The predicted molar refractivity (Wildman–Crippen MR) is 90.0 cm³/mol. The summed E-state index contributed by atoms with van der Waals surface area (Å²) in [7, 11) is -2.97. The monoisotopic (exact) mass is 338 g/mol. The molecule has 1 unspecified atom stereocenters. The second-order valence-corrected chi connectivity index (χ2v) is 8.13. The van der Waals surface area contributed by atoms with E-state index in [9.17, 15) is 18.0 Å². The number of nitrogens with one attached hydrogen (secondary N) is 2. The van der Waals surface area contributed by atoms with Crippen molar-refractivity contribution in [2.24, 2.45) is 5.92 Å². The first-order chi connectivity index (χ1) is 10.9. The molecule has 0 aliphatic carbocycles. The highest BCUT2D eigenvalue weighted by atomic mass is 32.2. The number of hydrogen-bond acceptors (Lipinski definition) is 4. The fourth-order valence-corrected chi connectivity index (χ4v) is 4.49. The molecule has 0 aromatic heterocycles. The van der Waals surface area contributed by atoms with Gasteiger partial charge in [0.05, 0.1) is 11.5 Å². The second-order valence-electron chi connectivity index (χ2n) is 5.90. The molecule has 1 aromatic carbocycles. The molecule has 23 heavy (non-hydrogen) atoms. The van der Waals surface area contributed by atoms with Crippen LogP contribution in [0.1, 0.15) is 32.6 Å². The molecular weight excluding hydrogens is 316 g/mol. The van der Waals surface area contributed by atoms with Gasteiger partial charge in [-0.25, -0.2) is 8.42 Å². The van der Waals surface area contributed by atoms with Gasteiger partial charge in [0.15, 0.2) is 9.84 Å². The van der Waals surface area contributed by atoms with E-state index in [4.69, 9.17) is 0 Å². The van der Waals surface area contributed by atoms with E-state index in [1.807, 2.05) is 6.92 Å². The highest BCUT2D eigenvalue weighted by Crippen LogP contribution is 2.22. The van der Waals surface area contributed by atoms with E-state index in [2.05, 4.69) is 10.6 Å². The summed E-state index contributed by atoms with van der Waals surface area (Å²) in [6.07, 6.45) is 1.97. The number of sulfone groups is 1. The van der Waals surface area contributed by atoms with Crippen LogP contribution in [0.4, 0.5) is 11.4 Å². The van der Waals surface area contributed by atoms with Crippen molar-refractivity contribution in [3.05, 3.63) is 24.3 Å². The van der Waals surface area contributed by atoms with E-state index in [1.165, 1.54) is 0 Å². The first kappa shape index (κ1) is 17.5. The largest absolute Gasteiger partial charge is 0.326 e. The Labute approximate surface area is 136 Å². The first-order valence-corrected chi connectivity index (χ1v) is 9.60. The van der Waals surface area contributed by atoms with Gasteiger partial charge in [0.1, 0.15) is 0 Å². The summed E-state index contributed by atoms with van der Waals surface area (Å²) in [5.74, 6) is -0.110. The SMILES string of the molecule is CCCC(=O)Nc1cccc(NC(=O)CC2CCS(=O)(=O)C2)c1. The number of carbonyl (C=O) groups is 2. The third kappa shape index (κ3) is 5.67. The molecule has 1 aliphatic heterocycles. The smallest absolute Gasteiger partial charge is 0.224 e. The van der Waals surface area contributed by atoms with Crippen LogP contribution in [0.15, 0.2) is 24.3 Å². The summed E-state index contributed by atoms with van der Waals surface area (Å²) < 4.78 is 22.8. The van der Waals surface area contributed by atoms with Gasteiger partial charge in [-0.1, -0.05) is 13.0 Å². The van der Waals surface area contributed by atoms with Gasteiger partial charge in [0, 0.05) is 24.2 Å². The van der Waals surface area contributed by atoms with Crippen molar-refractivity contribution < 1.29 is 18.0 Å². The first-order valence-electron chi connectivity index (χ1n) is 7.78. The van der Waals surface area contributed by atoms with Gasteiger partial charge < -0.3 is 10.6 Å². The lowest BCUT2D eigenvalue weighted by Crippen LogP contribution is -2.17. The van der Waals surface area contributed by atoms with Crippen LogP contribution in [0.3, 0.4) is 0 Å². The molecule has 1 atom stereocenters. The van der Waals surface area contributed by atoms with Gasteiger partial charge in [0.2, 0.25) is 11.8 Å². The summed E-state index contributed by atoms with van der Waals surface area (Å²) in [6, 6.07) is 6.93. The number of anilines is 2. The van der Waals surface area contributed by atoms with Crippen LogP contribution in [0.25, 0.3) is 0 Å². The van der Waals surface area contributed by atoms with Crippen LogP contribution in [0.2, 0.25) is 0 Å². The highest BCUT2D eigenvalue weighted by molar-refractivity contribution is 7.91. The van der Waals surface area contributed by atoms with Crippen molar-refractivity contribution >= 4 is 33.0 Å². The predicted octanol–water partition coefficient (Wildman–Crippen LogP) is 2.19. The van der Waals surface area contributed by atoms with Gasteiger partial charge in [-0.2, -0.15) is 0 Å². The van der Waals surface area contributed by atoms with Gasteiger partial charge in [-0.05, 0) is 37.0 Å². The van der Waals surface area contributed by atoms with E-state index in [1.54, 1.807) is 24.3 Å². The lowest BCUT2D eigenvalue weighted by atomic mass is 10.1. The maximum Gasteiger partial charge on any atom is 0.224 e. The molecule has 0 bridgehead atoms. The van der Waals surface area contributed by atoms with Crippen molar-refractivity contribution in [1.82, 2.24) is 0 Å². The van der Waals surface area contributed by atoms with Crippen LogP contribution in [-0.2, 0) is 19.4 Å². The Hall–Kier alpha value is -1.89. The summed E-state index contributed by atoms with van der Waals surface area (Å²) in [5, 5.41) is 5.53. The molecular formula is C16H22N2O4S. The van der Waals surface area contributed by atoms with E-state index >= 15 is 0 Å². The molecule has 0 spiro atoms. The molecule has 0 saturated carbocycles. The molecule has 0 radical (unpaired) electrons. The maximum absolute atomic E-state index is 12.0. The Bertz CT molecular complexity index is 685. The lowest BCUT2D eigenvalue weighted by Gasteiger charge is -2.10. The Morgan fingerprint density at radius 1 is 1.17 bits per heavy atom. The van der Waals surface area contributed by atoms with Crippen LogP contribution < -0.4 is 10.6 Å². The summed E-state index contributed by atoms with van der Waals surface area (Å²) in [4.78, 5) is 23.6. The zero-order valence-electron chi connectivity index (χ0n) is 13.2. The van der Waals surface area contributed by atoms with Gasteiger partial charge >= 0.3 is 0 Å². The molecule has 1 aromatic rings. The molecule has 1 heterocycles. The van der Waals surface area contributed by atoms with Crippen molar-refractivity contribution in [3.63, 3.8) is 0 Å². The molecule has 2 N–H and O–H groups in total. The van der Waals surface area contributed by atoms with Crippen molar-refractivity contribution in [1.29, 1.82) is 0 Å². The van der Waals surface area contributed by atoms with E-state index < -0.39 is 9.84 Å². The fourth-order valence-electron chi connectivity index (χ4n) is 2.63. The number of carbonyl (C=O) groups excluding carboxylic acids is 2. The minimum Gasteiger partial charge on any atom is -0.326 e. The van der Waals surface area contributed by atoms with Crippen LogP contribution >= 0.6 is 0 Å². The van der Waals surface area contributed by atoms with E-state index in [0.717, 1.165) is 6.42 Å². The number of rotatable bonds is 6. The second kappa shape index (κ2) is 7.59. The topological polar surface area (TPSA) is 92.3 Å². The molecule has 2 amide bonds. The van der Waals surface area contributed by atoms with Crippen molar-refractivity contribution in [2.75, 3.05) is 22.1 Å². The molecule has 6 nitrogen and oxygen atoms in total. The Morgan fingerprint density at radius 3 is 2.39 bits per heavy atom. The Balaban J connectivity index is 1.89. The van der Waals surface area contributed by atoms with Crippen molar-refractivity contribution in [2.45, 2.75) is 32.6 Å². The molecule has 2 rings (SSSR count). The van der Waals surface area contributed by atoms with E-state index in [-0.39, 0.29) is 35.7 Å². The van der Waals surface area contributed by atoms with Gasteiger partial charge in [0.25, 0.3) is 0 Å². The van der Waals surface area contributed by atoms with Gasteiger partial charge in [-0.15, -0.1) is 0 Å². The molecule has 126 valence electrons. The number of benzene rings is 1. The van der Waals surface area contributed by atoms with Gasteiger partial charge in [-0.3, -0.25) is 9.59 Å². The summed E-state index contributed by atoms with van der Waals surface area (Å²) in [6.45, 7) is 1.93. The van der Waals surface area contributed by atoms with Crippen LogP contribution in [0, 0.1) is 5.92 Å². The summed E-state index contributed by atoms with van der Waals surface area (Å²) in [5.41, 5.74) is 1.22. The van der Waals surface area contributed by atoms with Crippen molar-refractivity contribution in [3.8, 4) is 0 Å². The minimum atomic E-state index is -2.97.